The Hall–Kier alpha value is -2.45. The van der Waals surface area contributed by atoms with Gasteiger partial charge in [0.05, 0.1) is 17.1 Å². The third kappa shape index (κ3) is 4.51. The molecule has 0 aliphatic heterocycles. The highest BCUT2D eigenvalue weighted by molar-refractivity contribution is 7.89. The summed E-state index contributed by atoms with van der Waals surface area (Å²) in [5.41, 5.74) is 1.12. The van der Waals surface area contributed by atoms with Gasteiger partial charge in [-0.1, -0.05) is 12.1 Å². The first-order valence-corrected chi connectivity index (χ1v) is 8.31. The Labute approximate surface area is 135 Å². The molecule has 2 aromatic rings. The molecule has 1 heterocycles. The summed E-state index contributed by atoms with van der Waals surface area (Å²) in [6.07, 6.45) is 1.64. The third-order valence-electron chi connectivity index (χ3n) is 3.03. The second kappa shape index (κ2) is 7.21. The Morgan fingerprint density at radius 3 is 2.61 bits per heavy atom. The van der Waals surface area contributed by atoms with Crippen LogP contribution >= 0.6 is 0 Å². The molecule has 122 valence electrons. The van der Waals surface area contributed by atoms with E-state index in [0.717, 1.165) is 10.00 Å². The van der Waals surface area contributed by atoms with Crippen molar-refractivity contribution in [1.29, 1.82) is 0 Å². The van der Waals surface area contributed by atoms with Crippen LogP contribution in [0.15, 0.2) is 53.6 Å². The van der Waals surface area contributed by atoms with E-state index in [1.165, 1.54) is 26.2 Å². The number of carbonyl (C=O) groups is 1. The van der Waals surface area contributed by atoms with Crippen LogP contribution in [-0.2, 0) is 16.6 Å². The second-order valence-corrected chi connectivity index (χ2v) is 7.10. The molecule has 0 aliphatic rings. The Morgan fingerprint density at radius 1 is 1.17 bits per heavy atom. The van der Waals surface area contributed by atoms with Gasteiger partial charge in [0.1, 0.15) is 0 Å². The first-order chi connectivity index (χ1) is 10.9. The maximum absolute atomic E-state index is 12.1. The van der Waals surface area contributed by atoms with Gasteiger partial charge in [0.15, 0.2) is 0 Å². The van der Waals surface area contributed by atoms with Crippen LogP contribution < -0.4 is 10.6 Å². The van der Waals surface area contributed by atoms with E-state index in [0.29, 0.717) is 5.69 Å². The van der Waals surface area contributed by atoms with Gasteiger partial charge >= 0.3 is 6.03 Å². The maximum atomic E-state index is 12.1. The summed E-state index contributed by atoms with van der Waals surface area (Å²) in [6.45, 7) is 0.280. The van der Waals surface area contributed by atoms with E-state index in [4.69, 9.17) is 0 Å². The van der Waals surface area contributed by atoms with E-state index in [2.05, 4.69) is 15.6 Å². The summed E-state index contributed by atoms with van der Waals surface area (Å²) in [6, 6.07) is 11.1. The smallest absolute Gasteiger partial charge is 0.319 e. The minimum atomic E-state index is -3.54. The van der Waals surface area contributed by atoms with Crippen molar-refractivity contribution in [2.45, 2.75) is 11.4 Å². The fourth-order valence-electron chi connectivity index (χ4n) is 1.79. The van der Waals surface area contributed by atoms with Crippen molar-refractivity contribution < 1.29 is 13.2 Å². The van der Waals surface area contributed by atoms with Crippen LogP contribution in [0.25, 0.3) is 0 Å². The van der Waals surface area contributed by atoms with Gasteiger partial charge in [-0.3, -0.25) is 4.98 Å². The summed E-state index contributed by atoms with van der Waals surface area (Å²) in [7, 11) is -0.632. The second-order valence-electron chi connectivity index (χ2n) is 4.94. The number of hydrogen-bond acceptors (Lipinski definition) is 4. The van der Waals surface area contributed by atoms with E-state index < -0.39 is 16.1 Å². The van der Waals surface area contributed by atoms with E-state index in [1.807, 2.05) is 6.07 Å². The molecule has 0 bridgehead atoms. The van der Waals surface area contributed by atoms with Gasteiger partial charge in [0, 0.05) is 26.0 Å². The number of nitrogens with one attached hydrogen (secondary N) is 2. The predicted molar refractivity (Wildman–Crippen MR) is 87.4 cm³/mol. The number of carbonyl (C=O) groups excluding carboxylic acids is 1. The van der Waals surface area contributed by atoms with Gasteiger partial charge in [-0.2, -0.15) is 0 Å². The maximum Gasteiger partial charge on any atom is 0.319 e. The van der Waals surface area contributed by atoms with Crippen molar-refractivity contribution in [2.24, 2.45) is 0 Å². The number of anilines is 1. The zero-order chi connectivity index (χ0) is 16.9. The van der Waals surface area contributed by atoms with Crippen LogP contribution in [0.4, 0.5) is 10.5 Å². The molecule has 0 radical (unpaired) electrons. The van der Waals surface area contributed by atoms with Crippen molar-refractivity contribution in [3.63, 3.8) is 0 Å². The third-order valence-corrected chi connectivity index (χ3v) is 4.84. The molecule has 0 fully saturated rings. The first kappa shape index (κ1) is 16.9. The molecule has 0 unspecified atom stereocenters. The van der Waals surface area contributed by atoms with Crippen LogP contribution in [0, 0.1) is 0 Å². The average Bonchev–Trinajstić information content (AvgIpc) is 2.54. The fourth-order valence-corrected chi connectivity index (χ4v) is 2.74. The zero-order valence-electron chi connectivity index (χ0n) is 12.9. The minimum Gasteiger partial charge on any atom is -0.332 e. The fraction of sp³-hybridized carbons (Fsp3) is 0.200. The van der Waals surface area contributed by atoms with Crippen molar-refractivity contribution in [1.82, 2.24) is 14.6 Å². The monoisotopic (exact) mass is 334 g/mol. The molecule has 1 aromatic carbocycles. The Bertz CT molecular complexity index is 776. The van der Waals surface area contributed by atoms with E-state index in [1.54, 1.807) is 30.5 Å². The predicted octanol–water partition coefficient (Wildman–Crippen LogP) is 1.65. The van der Waals surface area contributed by atoms with Crippen LogP contribution in [0.2, 0.25) is 0 Å². The molecule has 0 saturated heterocycles. The van der Waals surface area contributed by atoms with Gasteiger partial charge in [0.2, 0.25) is 10.0 Å². The summed E-state index contributed by atoms with van der Waals surface area (Å²) in [5.74, 6) is 0. The molecule has 0 atom stereocenters. The van der Waals surface area contributed by atoms with Crippen LogP contribution in [-0.4, -0.2) is 37.8 Å². The lowest BCUT2D eigenvalue weighted by Crippen LogP contribution is -2.28. The molecule has 7 nitrogen and oxygen atoms in total. The lowest BCUT2D eigenvalue weighted by atomic mass is 10.3. The number of aromatic nitrogens is 1. The van der Waals surface area contributed by atoms with Crippen LogP contribution in [0.5, 0.6) is 0 Å². The van der Waals surface area contributed by atoms with Crippen molar-refractivity contribution in [3.05, 3.63) is 54.4 Å². The Balaban J connectivity index is 2.02. The van der Waals surface area contributed by atoms with Gasteiger partial charge in [-0.15, -0.1) is 0 Å². The normalized spacial score (nSPS) is 11.3. The summed E-state index contributed by atoms with van der Waals surface area (Å²) in [5, 5.41) is 5.26. The molecule has 8 heteroatoms. The van der Waals surface area contributed by atoms with Gasteiger partial charge < -0.3 is 10.6 Å². The SMILES string of the molecule is CN(C)S(=O)(=O)c1cccc(NC(=O)NCc2ccccn2)c1. The highest BCUT2D eigenvalue weighted by atomic mass is 32.2. The van der Waals surface area contributed by atoms with Crippen LogP contribution in [0.1, 0.15) is 5.69 Å². The largest absolute Gasteiger partial charge is 0.332 e. The van der Waals surface area contributed by atoms with E-state index >= 15 is 0 Å². The van der Waals surface area contributed by atoms with Crippen molar-refractivity contribution >= 4 is 21.7 Å². The molecule has 0 saturated carbocycles. The molecule has 23 heavy (non-hydrogen) atoms. The molecule has 2 N–H and O–H groups in total. The standard InChI is InChI=1S/C15H18N4O3S/c1-19(2)23(21,22)14-8-5-7-12(10-14)18-15(20)17-11-13-6-3-4-9-16-13/h3-10H,11H2,1-2H3,(H2,17,18,20). The molecule has 0 aliphatic carbocycles. The number of amides is 2. The first-order valence-electron chi connectivity index (χ1n) is 6.87. The topological polar surface area (TPSA) is 91.4 Å². The number of sulfonamides is 1. The molecule has 2 amide bonds. The highest BCUT2D eigenvalue weighted by Crippen LogP contribution is 2.17. The molecular formula is C15H18N4O3S. The van der Waals surface area contributed by atoms with Gasteiger partial charge in [-0.25, -0.2) is 17.5 Å². The molecular weight excluding hydrogens is 316 g/mol. The van der Waals surface area contributed by atoms with E-state index in [-0.39, 0.29) is 11.4 Å². The van der Waals surface area contributed by atoms with Crippen molar-refractivity contribution in [2.75, 3.05) is 19.4 Å². The number of pyridine rings is 1. The number of urea groups is 1. The molecule has 1 aromatic heterocycles. The average molecular weight is 334 g/mol. The van der Waals surface area contributed by atoms with Gasteiger partial charge in [0.25, 0.3) is 0 Å². The van der Waals surface area contributed by atoms with Gasteiger partial charge in [-0.05, 0) is 30.3 Å². The molecule has 0 spiro atoms. The lowest BCUT2D eigenvalue weighted by molar-refractivity contribution is 0.251. The van der Waals surface area contributed by atoms with Crippen molar-refractivity contribution in [3.8, 4) is 0 Å². The summed E-state index contributed by atoms with van der Waals surface area (Å²) < 4.78 is 25.3. The number of nitrogens with zero attached hydrogens (tertiary/aromatic N) is 2. The number of benzene rings is 1. The Morgan fingerprint density at radius 2 is 1.96 bits per heavy atom. The highest BCUT2D eigenvalue weighted by Gasteiger charge is 2.17. The molecule has 2 rings (SSSR count). The van der Waals surface area contributed by atoms with E-state index in [9.17, 15) is 13.2 Å². The Kier molecular flexibility index (Phi) is 5.30. The number of hydrogen-bond donors (Lipinski definition) is 2. The zero-order valence-corrected chi connectivity index (χ0v) is 13.7. The quantitative estimate of drug-likeness (QED) is 0.870. The summed E-state index contributed by atoms with van der Waals surface area (Å²) >= 11 is 0. The number of rotatable bonds is 5. The minimum absolute atomic E-state index is 0.116. The van der Waals surface area contributed by atoms with Crippen LogP contribution in [0.3, 0.4) is 0 Å². The lowest BCUT2D eigenvalue weighted by Gasteiger charge is -2.13. The summed E-state index contributed by atoms with van der Waals surface area (Å²) in [4.78, 5) is 16.1.